The van der Waals surface area contributed by atoms with Crippen molar-refractivity contribution in [1.82, 2.24) is 14.8 Å². The van der Waals surface area contributed by atoms with Gasteiger partial charge in [0.15, 0.2) is 5.82 Å². The molecular formula is C34H45BrFN5O5. The van der Waals surface area contributed by atoms with Crippen LogP contribution in [0.4, 0.5) is 19.7 Å². The average Bonchev–Trinajstić information content (AvgIpc) is 3.66. The van der Waals surface area contributed by atoms with Crippen molar-refractivity contribution in [2.24, 2.45) is 5.92 Å². The van der Waals surface area contributed by atoms with Crippen LogP contribution >= 0.6 is 15.9 Å². The number of halogens is 2. The van der Waals surface area contributed by atoms with Crippen molar-refractivity contribution in [1.29, 1.82) is 5.26 Å². The van der Waals surface area contributed by atoms with Crippen molar-refractivity contribution in [3.05, 3.63) is 28.0 Å². The lowest BCUT2D eigenvalue weighted by molar-refractivity contribution is 0.0216. The van der Waals surface area contributed by atoms with E-state index in [0.717, 1.165) is 19.4 Å². The number of anilines is 1. The third-order valence-corrected chi connectivity index (χ3v) is 9.83. The van der Waals surface area contributed by atoms with Crippen LogP contribution in [-0.4, -0.2) is 82.5 Å². The maximum absolute atomic E-state index is 16.2. The van der Waals surface area contributed by atoms with Crippen LogP contribution in [0.5, 0.6) is 5.88 Å². The number of likely N-dealkylation sites (N-methyl/N-ethyl adjacent to an activating group) is 1. The Hall–Kier alpha value is -3.17. The summed E-state index contributed by atoms with van der Waals surface area (Å²) in [6.07, 6.45) is 1.94. The summed E-state index contributed by atoms with van der Waals surface area (Å²) in [5, 5.41) is 9.66. The van der Waals surface area contributed by atoms with Crippen LogP contribution in [-0.2, 0) is 15.9 Å². The van der Waals surface area contributed by atoms with Gasteiger partial charge in [0, 0.05) is 36.4 Å². The quantitative estimate of drug-likeness (QED) is 0.298. The van der Waals surface area contributed by atoms with E-state index in [0.29, 0.717) is 36.0 Å². The van der Waals surface area contributed by atoms with Gasteiger partial charge in [-0.3, -0.25) is 9.80 Å². The molecule has 5 atom stereocenters. The van der Waals surface area contributed by atoms with E-state index in [2.05, 4.69) is 38.9 Å². The van der Waals surface area contributed by atoms with Gasteiger partial charge in [0.2, 0.25) is 5.88 Å². The summed E-state index contributed by atoms with van der Waals surface area (Å²) in [5.74, 6) is -0.448. The van der Waals surface area contributed by atoms with Crippen LogP contribution in [0.15, 0.2) is 16.6 Å². The highest BCUT2D eigenvalue weighted by Crippen LogP contribution is 2.48. The second-order valence-electron chi connectivity index (χ2n) is 14.7. The Labute approximate surface area is 279 Å². The van der Waals surface area contributed by atoms with Crippen LogP contribution in [0, 0.1) is 23.1 Å². The molecule has 4 heterocycles. The third kappa shape index (κ3) is 6.91. The maximum atomic E-state index is 16.2. The highest BCUT2D eigenvalue weighted by molar-refractivity contribution is 9.10. The molecule has 10 nitrogen and oxygen atoms in total. The third-order valence-electron chi connectivity index (χ3n) is 8.97. The van der Waals surface area contributed by atoms with Crippen molar-refractivity contribution < 1.29 is 28.2 Å². The fraction of sp³-hybridized carbons (Fsp3) is 0.647. The zero-order chi connectivity index (χ0) is 33.7. The number of aryl methyl sites for hydroxylation is 1. The molecule has 46 heavy (non-hydrogen) atoms. The fourth-order valence-corrected chi connectivity index (χ4v) is 7.44. The van der Waals surface area contributed by atoms with Crippen LogP contribution < -0.4 is 9.64 Å². The summed E-state index contributed by atoms with van der Waals surface area (Å²) < 4.78 is 34.5. The molecule has 2 amide bonds. The topological polar surface area (TPSA) is 108 Å². The maximum Gasteiger partial charge on any atom is 0.415 e. The summed E-state index contributed by atoms with van der Waals surface area (Å²) in [7, 11) is 2.06. The molecule has 0 spiro atoms. The number of hydrogen-bond donors (Lipinski definition) is 0. The molecule has 1 aliphatic carbocycles. The molecule has 4 aliphatic rings. The first-order chi connectivity index (χ1) is 21.5. The van der Waals surface area contributed by atoms with Crippen LogP contribution in [0.1, 0.15) is 79.7 Å². The Morgan fingerprint density at radius 2 is 1.89 bits per heavy atom. The van der Waals surface area contributed by atoms with Crippen molar-refractivity contribution >= 4 is 44.7 Å². The molecule has 3 saturated heterocycles. The zero-order valence-electron chi connectivity index (χ0n) is 28.0. The molecule has 0 N–H and O–H groups in total. The van der Waals surface area contributed by atoms with Gasteiger partial charge in [0.25, 0.3) is 0 Å². The van der Waals surface area contributed by atoms with E-state index in [1.165, 1.54) is 0 Å². The molecule has 250 valence electrons. The van der Waals surface area contributed by atoms with Crippen molar-refractivity contribution in [2.45, 2.75) is 116 Å². The number of carbonyl (C=O) groups excluding carboxylic acids is 2. The minimum absolute atomic E-state index is 0.0382. The fourth-order valence-electron chi connectivity index (χ4n) is 6.94. The monoisotopic (exact) mass is 701 g/mol. The number of amides is 2. The van der Waals surface area contributed by atoms with Crippen molar-refractivity contribution in [3.8, 4) is 11.9 Å². The molecule has 0 radical (unpaired) electrons. The minimum Gasteiger partial charge on any atom is -0.473 e. The molecule has 3 unspecified atom stereocenters. The van der Waals surface area contributed by atoms with Gasteiger partial charge in [-0.2, -0.15) is 5.26 Å². The lowest BCUT2D eigenvalue weighted by Crippen LogP contribution is -2.58. The van der Waals surface area contributed by atoms with Crippen LogP contribution in [0.2, 0.25) is 0 Å². The van der Waals surface area contributed by atoms with E-state index in [4.69, 9.17) is 14.2 Å². The number of pyridine rings is 1. The van der Waals surface area contributed by atoms with Gasteiger partial charge >= 0.3 is 12.2 Å². The number of likely N-dealkylation sites (tertiary alicyclic amines) is 1. The number of hydrogen-bond acceptors (Lipinski definition) is 8. The molecule has 2 bridgehead atoms. The highest BCUT2D eigenvalue weighted by atomic mass is 79.9. The zero-order valence-corrected chi connectivity index (χ0v) is 29.6. The molecule has 4 fully saturated rings. The van der Waals surface area contributed by atoms with Crippen LogP contribution in [0.3, 0.4) is 0 Å². The SMILES string of the molecule is C[C@H](Oc1cc(N(C(=O)OC(C)(C)C)C2C3CC2N(C(=O)OC(C)(C)C)C3)c2cc(CCC#N)c(Br)c(F)c2n1)[C@@H]1CCCN1C. The summed E-state index contributed by atoms with van der Waals surface area (Å²) in [6, 6.07) is 5.01. The van der Waals surface area contributed by atoms with Gasteiger partial charge in [-0.15, -0.1) is 0 Å². The van der Waals surface area contributed by atoms with E-state index in [1.54, 1.807) is 42.7 Å². The predicted molar refractivity (Wildman–Crippen MR) is 176 cm³/mol. The first-order valence-electron chi connectivity index (χ1n) is 16.1. The minimum atomic E-state index is -0.820. The largest absolute Gasteiger partial charge is 0.473 e. The Morgan fingerprint density at radius 3 is 2.50 bits per heavy atom. The Bertz CT molecular complexity index is 1550. The lowest BCUT2D eigenvalue weighted by atomic mass is 9.78. The van der Waals surface area contributed by atoms with Gasteiger partial charge in [0.05, 0.1) is 28.3 Å². The first-order valence-corrected chi connectivity index (χ1v) is 16.9. The number of rotatable bonds is 7. The number of nitriles is 1. The molecule has 1 saturated carbocycles. The van der Waals surface area contributed by atoms with E-state index in [1.807, 2.05) is 27.7 Å². The summed E-state index contributed by atoms with van der Waals surface area (Å²) in [5.41, 5.74) is -0.487. The van der Waals surface area contributed by atoms with E-state index in [9.17, 15) is 14.9 Å². The predicted octanol–water partition coefficient (Wildman–Crippen LogP) is 7.20. The number of benzene rings is 1. The Kier molecular flexibility index (Phi) is 9.50. The molecule has 6 rings (SSSR count). The molecular weight excluding hydrogens is 657 g/mol. The average molecular weight is 703 g/mol. The molecule has 2 aromatic rings. The van der Waals surface area contributed by atoms with E-state index < -0.39 is 35.2 Å². The van der Waals surface area contributed by atoms with Gasteiger partial charge < -0.3 is 19.1 Å². The van der Waals surface area contributed by atoms with Gasteiger partial charge in [-0.05, 0) is 115 Å². The van der Waals surface area contributed by atoms with Gasteiger partial charge in [-0.1, -0.05) is 0 Å². The number of ether oxygens (including phenoxy) is 3. The van der Waals surface area contributed by atoms with Crippen molar-refractivity contribution in [2.75, 3.05) is 25.0 Å². The number of carbonyl (C=O) groups is 2. The smallest absolute Gasteiger partial charge is 0.415 e. The highest BCUT2D eigenvalue weighted by Gasteiger charge is 2.59. The molecule has 1 aromatic heterocycles. The molecule has 12 heteroatoms. The number of nitrogens with zero attached hydrogens (tertiary/aromatic N) is 5. The Morgan fingerprint density at radius 1 is 1.20 bits per heavy atom. The van der Waals surface area contributed by atoms with E-state index >= 15 is 4.39 Å². The van der Waals surface area contributed by atoms with Crippen molar-refractivity contribution in [3.63, 3.8) is 0 Å². The second-order valence-corrected chi connectivity index (χ2v) is 15.5. The van der Waals surface area contributed by atoms with Gasteiger partial charge in [-0.25, -0.2) is 19.0 Å². The summed E-state index contributed by atoms with van der Waals surface area (Å²) in [4.78, 5) is 37.6. The standard InChI is InChI=1S/C34H45BrFN5O5/c1-19(23-12-10-14-39(23)8)44-26-17-24(22-15-20(11-9-13-37)27(35)28(36)29(22)38-26)41(32(43)46-34(5,6)7)30-21-16-25(30)40(18-21)31(42)45-33(2,3)4/h15,17,19,21,23,25,30H,9-12,14,16,18H2,1-8H3/t19-,21?,23-,25?,30?/m0/s1. The van der Waals surface area contributed by atoms with Gasteiger partial charge in [0.1, 0.15) is 22.8 Å². The summed E-state index contributed by atoms with van der Waals surface area (Å²) >= 11 is 3.39. The second kappa shape index (κ2) is 12.8. The lowest BCUT2D eigenvalue weighted by Gasteiger charge is -2.44. The van der Waals surface area contributed by atoms with Crippen LogP contribution in [0.25, 0.3) is 10.9 Å². The summed E-state index contributed by atoms with van der Waals surface area (Å²) in [6.45, 7) is 14.2. The first kappa shape index (κ1) is 34.2. The normalized spacial score (nSPS) is 23.5. The van der Waals surface area contributed by atoms with E-state index in [-0.39, 0.29) is 46.4 Å². The number of fused-ring (bicyclic) bond motifs is 2. The molecule has 3 aliphatic heterocycles. The number of aromatic nitrogens is 1. The Balaban J connectivity index is 1.65. The molecule has 1 aromatic carbocycles.